The minimum Gasteiger partial charge on any atom is -0.396 e. The van der Waals surface area contributed by atoms with Gasteiger partial charge in [-0.2, -0.15) is 0 Å². The molecule has 0 spiro atoms. The zero-order valence-electron chi connectivity index (χ0n) is 17.9. The Hall–Kier alpha value is -3.33. The van der Waals surface area contributed by atoms with Gasteiger partial charge in [0, 0.05) is 32.7 Å². The number of aryl methyl sites for hydroxylation is 1. The molecule has 1 aliphatic rings. The maximum absolute atomic E-state index is 14.7. The second-order valence-corrected chi connectivity index (χ2v) is 8.03. The maximum Gasteiger partial charge on any atom is 0.332 e. The molecule has 168 valence electrons. The van der Waals surface area contributed by atoms with Crippen LogP contribution in [-0.2, 0) is 20.1 Å². The van der Waals surface area contributed by atoms with Crippen LogP contribution in [0.2, 0.25) is 0 Å². The van der Waals surface area contributed by atoms with E-state index in [0.29, 0.717) is 6.42 Å². The van der Waals surface area contributed by atoms with Gasteiger partial charge in [0.15, 0.2) is 11.2 Å². The van der Waals surface area contributed by atoms with Crippen molar-refractivity contribution >= 4 is 11.2 Å². The van der Waals surface area contributed by atoms with Gasteiger partial charge in [-0.1, -0.05) is 25.1 Å². The second kappa shape index (κ2) is 8.66. The van der Waals surface area contributed by atoms with E-state index in [2.05, 4.69) is 4.98 Å². The van der Waals surface area contributed by atoms with Crippen LogP contribution in [0.15, 0.2) is 57.4 Å². The first kappa shape index (κ1) is 21.9. The summed E-state index contributed by atoms with van der Waals surface area (Å²) in [5.74, 6) is -0.806. The van der Waals surface area contributed by atoms with Gasteiger partial charge in [0.1, 0.15) is 17.5 Å². The van der Waals surface area contributed by atoms with E-state index in [9.17, 15) is 18.4 Å². The van der Waals surface area contributed by atoms with E-state index in [0.717, 1.165) is 10.1 Å². The lowest BCUT2D eigenvalue weighted by Gasteiger charge is -2.19. The SMILES string of the molecule is CC1CC(Cn2c(-c3ccccc3F)nc3c2c(=O)n(CCCO)c(=O)n3C)=CC=C1F. The van der Waals surface area contributed by atoms with Crippen LogP contribution in [0.3, 0.4) is 0 Å². The quantitative estimate of drug-likeness (QED) is 0.637. The molecule has 0 amide bonds. The number of hydrogen-bond donors (Lipinski definition) is 1. The highest BCUT2D eigenvalue weighted by atomic mass is 19.1. The number of fused-ring (bicyclic) bond motifs is 1. The van der Waals surface area contributed by atoms with E-state index < -0.39 is 17.1 Å². The number of benzene rings is 1. The number of imidazole rings is 1. The van der Waals surface area contributed by atoms with Crippen molar-refractivity contribution in [1.82, 2.24) is 18.7 Å². The second-order valence-electron chi connectivity index (χ2n) is 8.03. The molecule has 1 unspecified atom stereocenters. The summed E-state index contributed by atoms with van der Waals surface area (Å²) >= 11 is 0. The number of nitrogens with zero attached hydrogens (tertiary/aromatic N) is 4. The molecule has 0 aliphatic heterocycles. The lowest BCUT2D eigenvalue weighted by atomic mass is 9.94. The van der Waals surface area contributed by atoms with Crippen LogP contribution in [0.25, 0.3) is 22.6 Å². The third-order valence-electron chi connectivity index (χ3n) is 5.77. The number of aromatic nitrogens is 4. The van der Waals surface area contributed by atoms with Gasteiger partial charge < -0.3 is 9.67 Å². The summed E-state index contributed by atoms with van der Waals surface area (Å²) in [6.45, 7) is 1.85. The highest BCUT2D eigenvalue weighted by molar-refractivity contribution is 5.77. The first-order valence-corrected chi connectivity index (χ1v) is 10.4. The molecule has 0 fully saturated rings. The molecule has 7 nitrogen and oxygen atoms in total. The first-order valence-electron chi connectivity index (χ1n) is 10.4. The van der Waals surface area contributed by atoms with Gasteiger partial charge in [0.25, 0.3) is 5.56 Å². The fraction of sp³-hybridized carbons (Fsp3) is 0.348. The highest BCUT2D eigenvalue weighted by Crippen LogP contribution is 2.30. The van der Waals surface area contributed by atoms with E-state index in [4.69, 9.17) is 5.11 Å². The minimum absolute atomic E-state index is 0.0475. The summed E-state index contributed by atoms with van der Waals surface area (Å²) in [4.78, 5) is 30.6. The van der Waals surface area contributed by atoms with Gasteiger partial charge in [-0.25, -0.2) is 18.6 Å². The Labute approximate surface area is 182 Å². The largest absolute Gasteiger partial charge is 0.396 e. The third-order valence-corrected chi connectivity index (χ3v) is 5.77. The van der Waals surface area contributed by atoms with Gasteiger partial charge >= 0.3 is 5.69 Å². The van der Waals surface area contributed by atoms with Crippen LogP contribution in [0.4, 0.5) is 8.78 Å². The van der Waals surface area contributed by atoms with Crippen molar-refractivity contribution < 1.29 is 13.9 Å². The molecular weight excluding hydrogens is 418 g/mol. The van der Waals surface area contributed by atoms with Crippen molar-refractivity contribution in [2.24, 2.45) is 13.0 Å². The Bertz CT molecular complexity index is 1360. The molecule has 3 aromatic rings. The van der Waals surface area contributed by atoms with Crippen LogP contribution in [0.1, 0.15) is 19.8 Å². The summed E-state index contributed by atoms with van der Waals surface area (Å²) in [7, 11) is 1.50. The third kappa shape index (κ3) is 3.73. The average molecular weight is 442 g/mol. The molecule has 2 heterocycles. The van der Waals surface area contributed by atoms with E-state index in [-0.39, 0.29) is 60.4 Å². The molecule has 32 heavy (non-hydrogen) atoms. The number of aliphatic hydroxyl groups excluding tert-OH is 1. The van der Waals surface area contributed by atoms with Crippen LogP contribution in [0.5, 0.6) is 0 Å². The topological polar surface area (TPSA) is 82.1 Å². The van der Waals surface area contributed by atoms with Crippen molar-refractivity contribution in [3.05, 3.63) is 74.5 Å². The molecule has 0 saturated carbocycles. The fourth-order valence-corrected chi connectivity index (χ4v) is 4.04. The van der Waals surface area contributed by atoms with Gasteiger partial charge in [-0.15, -0.1) is 0 Å². The molecule has 0 saturated heterocycles. The standard InChI is InChI=1S/C23H24F2N4O3/c1-14-12-15(8-9-17(14)24)13-29-19-21(26-20(29)16-6-3-4-7-18(16)25)27(2)23(32)28(22(19)31)10-5-11-30/h3-4,6-9,14,30H,5,10-13H2,1-2H3. The van der Waals surface area contributed by atoms with E-state index >= 15 is 0 Å². The highest BCUT2D eigenvalue weighted by Gasteiger charge is 2.24. The molecule has 0 radical (unpaired) electrons. The minimum atomic E-state index is -0.559. The van der Waals surface area contributed by atoms with Crippen molar-refractivity contribution in [3.63, 3.8) is 0 Å². The summed E-state index contributed by atoms with van der Waals surface area (Å²) in [5, 5.41) is 9.17. The number of aliphatic hydroxyl groups is 1. The number of allylic oxidation sites excluding steroid dienone is 4. The normalized spacial score (nSPS) is 16.3. The Kier molecular flexibility index (Phi) is 5.92. The Balaban J connectivity index is 2.01. The lowest BCUT2D eigenvalue weighted by molar-refractivity contribution is 0.277. The molecule has 4 rings (SSSR count). The van der Waals surface area contributed by atoms with Crippen molar-refractivity contribution in [3.8, 4) is 11.4 Å². The van der Waals surface area contributed by atoms with E-state index in [1.807, 2.05) is 0 Å². The van der Waals surface area contributed by atoms with Crippen molar-refractivity contribution in [2.75, 3.05) is 6.61 Å². The summed E-state index contributed by atoms with van der Waals surface area (Å²) < 4.78 is 32.5. The van der Waals surface area contributed by atoms with Gasteiger partial charge in [0.05, 0.1) is 5.56 Å². The molecule has 0 bridgehead atoms. The molecule has 1 aliphatic carbocycles. The maximum atomic E-state index is 14.7. The molecule has 1 atom stereocenters. The predicted octanol–water partition coefficient (Wildman–Crippen LogP) is 2.90. The summed E-state index contributed by atoms with van der Waals surface area (Å²) in [6, 6.07) is 6.09. The van der Waals surface area contributed by atoms with Crippen molar-refractivity contribution in [2.45, 2.75) is 32.9 Å². The molecule has 1 aromatic carbocycles. The smallest absolute Gasteiger partial charge is 0.332 e. The number of rotatable bonds is 6. The van der Waals surface area contributed by atoms with Gasteiger partial charge in [-0.3, -0.25) is 13.9 Å². The number of halogens is 2. The lowest BCUT2D eigenvalue weighted by Crippen LogP contribution is -2.40. The zero-order chi connectivity index (χ0) is 23.0. The van der Waals surface area contributed by atoms with Crippen LogP contribution in [-0.4, -0.2) is 30.4 Å². The van der Waals surface area contributed by atoms with Crippen LogP contribution >= 0.6 is 0 Å². The molecule has 1 N–H and O–H groups in total. The first-order chi connectivity index (χ1) is 15.3. The monoisotopic (exact) mass is 442 g/mol. The Morgan fingerprint density at radius 1 is 1.16 bits per heavy atom. The molecule has 2 aromatic heterocycles. The van der Waals surface area contributed by atoms with E-state index in [1.165, 1.54) is 23.8 Å². The fourth-order valence-electron chi connectivity index (χ4n) is 4.04. The number of hydrogen-bond acceptors (Lipinski definition) is 4. The van der Waals surface area contributed by atoms with Crippen LogP contribution < -0.4 is 11.2 Å². The van der Waals surface area contributed by atoms with E-state index in [1.54, 1.807) is 35.8 Å². The van der Waals surface area contributed by atoms with Gasteiger partial charge in [-0.05, 0) is 36.6 Å². The van der Waals surface area contributed by atoms with Crippen molar-refractivity contribution in [1.29, 1.82) is 0 Å². The summed E-state index contributed by atoms with van der Waals surface area (Å²) in [6.07, 6.45) is 3.75. The average Bonchev–Trinajstić information content (AvgIpc) is 3.14. The molecular formula is C23H24F2N4O3. The van der Waals surface area contributed by atoms with Gasteiger partial charge in [0.2, 0.25) is 0 Å². The molecule has 9 heteroatoms. The zero-order valence-corrected chi connectivity index (χ0v) is 17.9. The predicted molar refractivity (Wildman–Crippen MR) is 117 cm³/mol. The Morgan fingerprint density at radius 3 is 2.59 bits per heavy atom. The summed E-state index contributed by atoms with van der Waals surface area (Å²) in [5.41, 5.74) is 0.236. The Morgan fingerprint density at radius 2 is 1.91 bits per heavy atom. The van der Waals surface area contributed by atoms with Crippen LogP contribution in [0, 0.1) is 11.7 Å².